The third-order valence-corrected chi connectivity index (χ3v) is 3.96. The Kier molecular flexibility index (Phi) is 4.61. The van der Waals surface area contributed by atoms with Crippen LogP contribution in [-0.2, 0) is 17.8 Å². The van der Waals surface area contributed by atoms with Crippen LogP contribution in [0.15, 0.2) is 30.5 Å². The number of para-hydroxylation sites is 1. The van der Waals surface area contributed by atoms with E-state index in [0.29, 0.717) is 5.92 Å². The first kappa shape index (κ1) is 14.6. The highest BCUT2D eigenvalue weighted by atomic mass is 16.5. The molecule has 1 aromatic carbocycles. The number of nitrogens with zero attached hydrogens (tertiary/aromatic N) is 1. The molecular formula is C18H26N2O. The molecule has 1 heterocycles. The summed E-state index contributed by atoms with van der Waals surface area (Å²) < 4.78 is 8.06. The number of fused-ring (bicyclic) bond motifs is 1. The Morgan fingerprint density at radius 2 is 2.10 bits per heavy atom. The van der Waals surface area contributed by atoms with Gasteiger partial charge in [0.15, 0.2) is 0 Å². The molecule has 114 valence electrons. The van der Waals surface area contributed by atoms with Crippen molar-refractivity contribution in [3.8, 4) is 0 Å². The van der Waals surface area contributed by atoms with Crippen molar-refractivity contribution in [1.82, 2.24) is 9.88 Å². The molecule has 0 atom stereocenters. The first-order chi connectivity index (χ1) is 10.2. The Morgan fingerprint density at radius 1 is 1.29 bits per heavy atom. The van der Waals surface area contributed by atoms with Crippen LogP contribution in [0.2, 0.25) is 0 Å². The highest BCUT2D eigenvalue weighted by Crippen LogP contribution is 2.24. The lowest BCUT2D eigenvalue weighted by Gasteiger charge is -2.08. The van der Waals surface area contributed by atoms with E-state index in [2.05, 4.69) is 54.2 Å². The van der Waals surface area contributed by atoms with Gasteiger partial charge in [0.2, 0.25) is 0 Å². The van der Waals surface area contributed by atoms with Gasteiger partial charge in [-0.3, -0.25) is 0 Å². The maximum Gasteiger partial charge on any atom is 0.0645 e. The van der Waals surface area contributed by atoms with Crippen molar-refractivity contribution in [1.29, 1.82) is 0 Å². The molecule has 1 saturated carbocycles. The fraction of sp³-hybridized carbons (Fsp3) is 0.556. The summed E-state index contributed by atoms with van der Waals surface area (Å²) in [5.41, 5.74) is 2.72. The molecule has 21 heavy (non-hydrogen) atoms. The average Bonchev–Trinajstić information content (AvgIpc) is 3.24. The Bertz CT molecular complexity index is 584. The highest BCUT2D eigenvalue weighted by molar-refractivity contribution is 5.83. The van der Waals surface area contributed by atoms with Crippen molar-refractivity contribution in [3.63, 3.8) is 0 Å². The van der Waals surface area contributed by atoms with Crippen molar-refractivity contribution in [2.75, 3.05) is 13.2 Å². The summed E-state index contributed by atoms with van der Waals surface area (Å²) in [4.78, 5) is 0. The Morgan fingerprint density at radius 3 is 2.86 bits per heavy atom. The van der Waals surface area contributed by atoms with E-state index in [4.69, 9.17) is 4.74 Å². The second kappa shape index (κ2) is 6.63. The van der Waals surface area contributed by atoms with Crippen molar-refractivity contribution < 1.29 is 4.74 Å². The maximum atomic E-state index is 5.73. The van der Waals surface area contributed by atoms with Crippen LogP contribution in [0.1, 0.15) is 32.3 Å². The first-order valence-electron chi connectivity index (χ1n) is 8.12. The zero-order valence-electron chi connectivity index (χ0n) is 13.1. The fourth-order valence-electron chi connectivity index (χ4n) is 2.67. The summed E-state index contributed by atoms with van der Waals surface area (Å²) in [7, 11) is 0. The minimum atomic E-state index is 0.602. The Hall–Kier alpha value is -1.32. The van der Waals surface area contributed by atoms with Crippen LogP contribution in [0.4, 0.5) is 0 Å². The van der Waals surface area contributed by atoms with Gasteiger partial charge in [0, 0.05) is 42.8 Å². The molecule has 1 aromatic heterocycles. The topological polar surface area (TPSA) is 26.2 Å². The van der Waals surface area contributed by atoms with Crippen molar-refractivity contribution >= 4 is 10.9 Å². The van der Waals surface area contributed by atoms with Gasteiger partial charge >= 0.3 is 0 Å². The highest BCUT2D eigenvalue weighted by Gasteiger charge is 2.20. The van der Waals surface area contributed by atoms with E-state index >= 15 is 0 Å². The average molecular weight is 286 g/mol. The predicted molar refractivity (Wildman–Crippen MR) is 87.5 cm³/mol. The van der Waals surface area contributed by atoms with Gasteiger partial charge in [-0.1, -0.05) is 32.0 Å². The smallest absolute Gasteiger partial charge is 0.0645 e. The van der Waals surface area contributed by atoms with Crippen LogP contribution in [0.5, 0.6) is 0 Å². The van der Waals surface area contributed by atoms with Gasteiger partial charge in [-0.2, -0.15) is 0 Å². The summed E-state index contributed by atoms with van der Waals surface area (Å²) in [6.07, 6.45) is 4.96. The van der Waals surface area contributed by atoms with Gasteiger partial charge in [0.25, 0.3) is 0 Å². The van der Waals surface area contributed by atoms with E-state index < -0.39 is 0 Å². The Labute approximate surface area is 127 Å². The third kappa shape index (κ3) is 3.86. The zero-order chi connectivity index (χ0) is 14.7. The number of hydrogen-bond donors (Lipinski definition) is 1. The Balaban J connectivity index is 1.68. The molecule has 1 fully saturated rings. The molecule has 2 aromatic rings. The van der Waals surface area contributed by atoms with Crippen LogP contribution in [0.3, 0.4) is 0 Å². The summed E-state index contributed by atoms with van der Waals surface area (Å²) in [6.45, 7) is 7.91. The molecule has 3 nitrogen and oxygen atoms in total. The largest absolute Gasteiger partial charge is 0.379 e. The standard InChI is InChI=1S/C18H26N2O/c1-14(2)13-21-10-9-20-12-15(11-19-16-7-8-16)17-5-3-4-6-18(17)20/h3-6,12,14,16,19H,7-11,13H2,1-2H3. The lowest BCUT2D eigenvalue weighted by molar-refractivity contribution is 0.104. The molecule has 0 spiro atoms. The molecule has 0 radical (unpaired) electrons. The molecule has 1 aliphatic carbocycles. The van der Waals surface area contributed by atoms with E-state index in [1.54, 1.807) is 0 Å². The molecule has 0 bridgehead atoms. The molecular weight excluding hydrogens is 260 g/mol. The molecule has 0 saturated heterocycles. The molecule has 3 heteroatoms. The summed E-state index contributed by atoms with van der Waals surface area (Å²) in [5.74, 6) is 0.602. The number of benzene rings is 1. The molecule has 1 N–H and O–H groups in total. The second-order valence-electron chi connectivity index (χ2n) is 6.49. The van der Waals surface area contributed by atoms with Crippen LogP contribution in [0.25, 0.3) is 10.9 Å². The lowest BCUT2D eigenvalue weighted by Crippen LogP contribution is -2.15. The quantitative estimate of drug-likeness (QED) is 0.751. The van der Waals surface area contributed by atoms with Gasteiger partial charge in [-0.25, -0.2) is 0 Å². The van der Waals surface area contributed by atoms with Crippen LogP contribution in [-0.4, -0.2) is 23.8 Å². The normalized spacial score (nSPS) is 15.2. The third-order valence-electron chi connectivity index (χ3n) is 3.96. The van der Waals surface area contributed by atoms with Gasteiger partial charge in [-0.15, -0.1) is 0 Å². The van der Waals surface area contributed by atoms with Gasteiger partial charge in [0.1, 0.15) is 0 Å². The van der Waals surface area contributed by atoms with Crippen LogP contribution in [0, 0.1) is 5.92 Å². The predicted octanol–water partition coefficient (Wildman–Crippen LogP) is 3.57. The number of aromatic nitrogens is 1. The minimum absolute atomic E-state index is 0.602. The fourth-order valence-corrected chi connectivity index (χ4v) is 2.67. The van der Waals surface area contributed by atoms with E-state index in [0.717, 1.165) is 32.3 Å². The molecule has 0 aliphatic heterocycles. The molecule has 1 aliphatic rings. The van der Waals surface area contributed by atoms with Crippen LogP contribution >= 0.6 is 0 Å². The summed E-state index contributed by atoms with van der Waals surface area (Å²) in [5, 5.41) is 4.99. The summed E-state index contributed by atoms with van der Waals surface area (Å²) in [6, 6.07) is 9.43. The number of hydrogen-bond acceptors (Lipinski definition) is 2. The van der Waals surface area contributed by atoms with E-state index in [1.807, 2.05) is 0 Å². The molecule has 3 rings (SSSR count). The summed E-state index contributed by atoms with van der Waals surface area (Å²) >= 11 is 0. The number of ether oxygens (including phenoxy) is 1. The minimum Gasteiger partial charge on any atom is -0.379 e. The van der Waals surface area contributed by atoms with Gasteiger partial charge in [-0.05, 0) is 30.4 Å². The van der Waals surface area contributed by atoms with Crippen molar-refractivity contribution in [2.45, 2.75) is 45.8 Å². The number of nitrogens with one attached hydrogen (secondary N) is 1. The lowest BCUT2D eigenvalue weighted by atomic mass is 10.2. The van der Waals surface area contributed by atoms with Crippen molar-refractivity contribution in [2.24, 2.45) is 5.92 Å². The second-order valence-corrected chi connectivity index (χ2v) is 6.49. The molecule has 0 amide bonds. The first-order valence-corrected chi connectivity index (χ1v) is 8.12. The van der Waals surface area contributed by atoms with Gasteiger partial charge < -0.3 is 14.6 Å². The SMILES string of the molecule is CC(C)COCCn1cc(CNC2CC2)c2ccccc21. The zero-order valence-corrected chi connectivity index (χ0v) is 13.1. The van der Waals surface area contributed by atoms with E-state index in [-0.39, 0.29) is 0 Å². The maximum absolute atomic E-state index is 5.73. The number of rotatable bonds is 8. The monoisotopic (exact) mass is 286 g/mol. The van der Waals surface area contributed by atoms with E-state index in [9.17, 15) is 0 Å². The van der Waals surface area contributed by atoms with E-state index in [1.165, 1.54) is 29.3 Å². The molecule has 0 unspecified atom stereocenters. The van der Waals surface area contributed by atoms with Crippen molar-refractivity contribution in [3.05, 3.63) is 36.0 Å². The van der Waals surface area contributed by atoms with Crippen LogP contribution < -0.4 is 5.32 Å². The van der Waals surface area contributed by atoms with Gasteiger partial charge in [0.05, 0.1) is 6.61 Å².